The molecule has 1 aliphatic heterocycles. The van der Waals surface area contributed by atoms with E-state index in [1.54, 1.807) is 35.2 Å². The average molecular weight is 326 g/mol. The van der Waals surface area contributed by atoms with Gasteiger partial charge in [0.25, 0.3) is 0 Å². The molecule has 1 aromatic carbocycles. The van der Waals surface area contributed by atoms with Crippen LogP contribution in [0.2, 0.25) is 0 Å². The van der Waals surface area contributed by atoms with Crippen LogP contribution < -0.4 is 0 Å². The molecule has 1 aromatic rings. The number of nitrogens with zero attached hydrogens (tertiary/aromatic N) is 2. The van der Waals surface area contributed by atoms with Gasteiger partial charge in [-0.1, -0.05) is 45.9 Å². The minimum Gasteiger partial charge on any atom is -0.325 e. The van der Waals surface area contributed by atoms with Crippen LogP contribution in [-0.4, -0.2) is 42.8 Å². The van der Waals surface area contributed by atoms with Gasteiger partial charge in [0.15, 0.2) is 0 Å². The summed E-state index contributed by atoms with van der Waals surface area (Å²) in [5.41, 5.74) is 0. The molecule has 0 spiro atoms. The van der Waals surface area contributed by atoms with Crippen LogP contribution >= 0.6 is 0 Å². The zero-order chi connectivity index (χ0) is 16.9. The summed E-state index contributed by atoms with van der Waals surface area (Å²) < 4.78 is 26.8. The average Bonchev–Trinajstić information content (AvgIpc) is 2.96. The van der Waals surface area contributed by atoms with Gasteiger partial charge in [0, 0.05) is 20.0 Å². The summed E-state index contributed by atoms with van der Waals surface area (Å²) in [5.74, 6) is -0.0469. The molecule has 0 bridgehead atoms. The fourth-order valence-corrected chi connectivity index (χ4v) is 4.39. The van der Waals surface area contributed by atoms with Crippen LogP contribution in [0.25, 0.3) is 0 Å². The summed E-state index contributed by atoms with van der Waals surface area (Å²) in [7, 11) is -3.56. The Bertz CT molecular complexity index is 585. The van der Waals surface area contributed by atoms with Crippen molar-refractivity contribution >= 4 is 15.9 Å². The monoisotopic (exact) mass is 326 g/mol. The Kier molecular flexibility index (Phi) is 6.56. The first kappa shape index (κ1) is 18.6. The lowest BCUT2D eigenvalue weighted by molar-refractivity contribution is -0.131. The van der Waals surface area contributed by atoms with E-state index in [0.717, 1.165) is 0 Å². The Balaban J connectivity index is 0.00000116. The van der Waals surface area contributed by atoms with Gasteiger partial charge < -0.3 is 4.90 Å². The molecule has 1 heterocycles. The van der Waals surface area contributed by atoms with Crippen molar-refractivity contribution in [3.05, 3.63) is 30.3 Å². The van der Waals surface area contributed by atoms with Crippen LogP contribution in [0, 0.1) is 5.92 Å². The van der Waals surface area contributed by atoms with E-state index in [0.29, 0.717) is 13.1 Å². The van der Waals surface area contributed by atoms with Crippen LogP contribution in [0.5, 0.6) is 0 Å². The minimum atomic E-state index is -3.56. The third-order valence-corrected chi connectivity index (χ3v) is 5.41. The van der Waals surface area contributed by atoms with E-state index in [2.05, 4.69) is 0 Å². The Morgan fingerprint density at radius 2 is 1.68 bits per heavy atom. The van der Waals surface area contributed by atoms with E-state index < -0.39 is 16.2 Å². The smallest absolute Gasteiger partial charge is 0.244 e. The molecule has 1 atom stereocenters. The number of hydrogen-bond acceptors (Lipinski definition) is 3. The van der Waals surface area contributed by atoms with Gasteiger partial charge in [0.1, 0.15) is 6.17 Å². The number of sulfonamides is 1. The van der Waals surface area contributed by atoms with E-state index in [4.69, 9.17) is 0 Å². The molecule has 0 aromatic heterocycles. The summed E-state index contributed by atoms with van der Waals surface area (Å²) in [4.78, 5) is 13.6. The number of amides is 1. The number of carbonyl (C=O) groups is 1. The first-order valence-corrected chi connectivity index (χ1v) is 9.14. The van der Waals surface area contributed by atoms with Gasteiger partial charge in [-0.25, -0.2) is 8.42 Å². The van der Waals surface area contributed by atoms with Crippen molar-refractivity contribution < 1.29 is 13.2 Å². The number of benzene rings is 1. The maximum atomic E-state index is 12.7. The van der Waals surface area contributed by atoms with Crippen molar-refractivity contribution in [2.75, 3.05) is 13.1 Å². The lowest BCUT2D eigenvalue weighted by Gasteiger charge is -2.32. The summed E-state index contributed by atoms with van der Waals surface area (Å²) >= 11 is 0. The first-order valence-electron chi connectivity index (χ1n) is 7.70. The van der Waals surface area contributed by atoms with Crippen LogP contribution in [0.15, 0.2) is 35.2 Å². The van der Waals surface area contributed by atoms with Crippen molar-refractivity contribution in [3.8, 4) is 0 Å². The number of carbonyl (C=O) groups excluding carboxylic acids is 1. The Morgan fingerprint density at radius 1 is 1.14 bits per heavy atom. The molecule has 0 aliphatic carbocycles. The molecule has 0 N–H and O–H groups in total. The molecule has 5 nitrogen and oxygen atoms in total. The standard InChI is InChI=1S/C14H20N2O3S.C2H6/c1-11(2)14-15(12(3)17)9-10-16(14)20(18,19)13-7-5-4-6-8-13;1-2/h4-8,11,14H,9-10H2,1-3H3;1-2H3. The second-order valence-electron chi connectivity index (χ2n) is 5.30. The molecular formula is C16H26N2O3S. The van der Waals surface area contributed by atoms with Crippen molar-refractivity contribution in [2.24, 2.45) is 5.92 Å². The zero-order valence-corrected chi connectivity index (χ0v) is 14.8. The molecule has 1 aliphatic rings. The fourth-order valence-electron chi connectivity index (χ4n) is 2.65. The molecular weight excluding hydrogens is 300 g/mol. The quantitative estimate of drug-likeness (QED) is 0.858. The summed E-state index contributed by atoms with van der Waals surface area (Å²) in [5, 5.41) is 0. The van der Waals surface area contributed by atoms with Gasteiger partial charge in [-0.15, -0.1) is 0 Å². The van der Waals surface area contributed by atoms with Crippen LogP contribution in [-0.2, 0) is 14.8 Å². The van der Waals surface area contributed by atoms with Gasteiger partial charge in [-0.3, -0.25) is 4.79 Å². The Hall–Kier alpha value is -1.40. The van der Waals surface area contributed by atoms with Crippen molar-refractivity contribution in [1.29, 1.82) is 0 Å². The van der Waals surface area contributed by atoms with Gasteiger partial charge in [-0.05, 0) is 18.1 Å². The Labute approximate surface area is 134 Å². The highest BCUT2D eigenvalue weighted by atomic mass is 32.2. The topological polar surface area (TPSA) is 57.7 Å². The Morgan fingerprint density at radius 3 is 2.14 bits per heavy atom. The van der Waals surface area contributed by atoms with Crippen molar-refractivity contribution in [1.82, 2.24) is 9.21 Å². The number of rotatable bonds is 3. The van der Waals surface area contributed by atoms with E-state index in [-0.39, 0.29) is 16.7 Å². The largest absolute Gasteiger partial charge is 0.325 e. The summed E-state index contributed by atoms with van der Waals surface area (Å²) in [6.45, 7) is 10.1. The van der Waals surface area contributed by atoms with E-state index in [9.17, 15) is 13.2 Å². The SMILES string of the molecule is CC.CC(=O)N1CCN(S(=O)(=O)c2ccccc2)C1C(C)C. The minimum absolute atomic E-state index is 0.0416. The highest BCUT2D eigenvalue weighted by molar-refractivity contribution is 7.89. The van der Waals surface area contributed by atoms with Crippen LogP contribution in [0.1, 0.15) is 34.6 Å². The first-order chi connectivity index (χ1) is 10.4. The lowest BCUT2D eigenvalue weighted by atomic mass is 10.1. The van der Waals surface area contributed by atoms with E-state index in [1.807, 2.05) is 27.7 Å². The molecule has 0 radical (unpaired) electrons. The maximum Gasteiger partial charge on any atom is 0.244 e. The van der Waals surface area contributed by atoms with Crippen LogP contribution in [0.3, 0.4) is 0 Å². The third-order valence-electron chi connectivity index (χ3n) is 3.53. The second-order valence-corrected chi connectivity index (χ2v) is 7.19. The van der Waals surface area contributed by atoms with Crippen LogP contribution in [0.4, 0.5) is 0 Å². The lowest BCUT2D eigenvalue weighted by Crippen LogP contribution is -2.46. The van der Waals surface area contributed by atoms with E-state index >= 15 is 0 Å². The zero-order valence-electron chi connectivity index (χ0n) is 14.0. The number of hydrogen-bond donors (Lipinski definition) is 0. The van der Waals surface area contributed by atoms with Gasteiger partial charge >= 0.3 is 0 Å². The molecule has 0 saturated carbocycles. The highest BCUT2D eigenvalue weighted by Crippen LogP contribution is 2.28. The predicted molar refractivity (Wildman–Crippen MR) is 87.7 cm³/mol. The molecule has 2 rings (SSSR count). The molecule has 6 heteroatoms. The summed E-state index contributed by atoms with van der Waals surface area (Å²) in [6, 6.07) is 8.36. The van der Waals surface area contributed by atoms with Gasteiger partial charge in [-0.2, -0.15) is 4.31 Å². The maximum absolute atomic E-state index is 12.7. The van der Waals surface area contributed by atoms with Gasteiger partial charge in [0.2, 0.25) is 15.9 Å². The normalized spacial score (nSPS) is 19.0. The van der Waals surface area contributed by atoms with Crippen molar-refractivity contribution in [2.45, 2.75) is 45.7 Å². The van der Waals surface area contributed by atoms with Gasteiger partial charge in [0.05, 0.1) is 4.90 Å². The second kappa shape index (κ2) is 7.74. The predicted octanol–water partition coefficient (Wildman–Crippen LogP) is 2.55. The summed E-state index contributed by atoms with van der Waals surface area (Å²) in [6.07, 6.45) is -0.405. The molecule has 124 valence electrons. The molecule has 1 unspecified atom stereocenters. The highest BCUT2D eigenvalue weighted by Gasteiger charge is 2.42. The van der Waals surface area contributed by atoms with E-state index in [1.165, 1.54) is 11.2 Å². The molecule has 1 saturated heterocycles. The fraction of sp³-hybridized carbons (Fsp3) is 0.562. The third kappa shape index (κ3) is 3.67. The molecule has 1 amide bonds. The molecule has 22 heavy (non-hydrogen) atoms. The molecule has 1 fully saturated rings. The van der Waals surface area contributed by atoms with Crippen molar-refractivity contribution in [3.63, 3.8) is 0 Å².